The molecule has 0 fully saturated rings. The van der Waals surface area contributed by atoms with Gasteiger partial charge in [-0.3, -0.25) is 0 Å². The third-order valence-electron chi connectivity index (χ3n) is 3.42. The lowest BCUT2D eigenvalue weighted by molar-refractivity contribution is 0.185. The minimum atomic E-state index is 0.0421. The molecular formula is C17H20BrNO2. The Bertz CT molecular complexity index is 601. The molecular weight excluding hydrogens is 330 g/mol. The van der Waals surface area contributed by atoms with Crippen LogP contribution in [0.15, 0.2) is 46.9 Å². The van der Waals surface area contributed by atoms with Crippen LogP contribution >= 0.6 is 15.9 Å². The second-order valence-electron chi connectivity index (χ2n) is 4.90. The molecule has 0 saturated carbocycles. The first-order valence-corrected chi connectivity index (χ1v) is 7.76. The number of methoxy groups -OCH3 is 1. The van der Waals surface area contributed by atoms with Crippen molar-refractivity contribution in [2.45, 2.75) is 26.0 Å². The van der Waals surface area contributed by atoms with Gasteiger partial charge in [-0.2, -0.15) is 0 Å². The molecule has 0 heterocycles. The molecule has 0 radical (unpaired) electrons. The maximum Gasteiger partial charge on any atom is 0.120 e. The van der Waals surface area contributed by atoms with Crippen LogP contribution in [-0.2, 0) is 11.3 Å². The number of halogens is 1. The van der Waals surface area contributed by atoms with Gasteiger partial charge in [-0.05, 0) is 30.7 Å². The van der Waals surface area contributed by atoms with Gasteiger partial charge in [0.05, 0.1) is 12.6 Å². The molecule has 2 N–H and O–H groups in total. The van der Waals surface area contributed by atoms with Gasteiger partial charge in [0.2, 0.25) is 0 Å². The summed E-state index contributed by atoms with van der Waals surface area (Å²) in [6, 6.07) is 13.6. The quantitative estimate of drug-likeness (QED) is 0.781. The molecule has 0 bridgehead atoms. The van der Waals surface area contributed by atoms with E-state index in [-0.39, 0.29) is 6.04 Å². The molecule has 0 aliphatic rings. The van der Waals surface area contributed by atoms with Crippen molar-refractivity contribution in [1.82, 2.24) is 0 Å². The molecule has 112 valence electrons. The average molecular weight is 350 g/mol. The molecule has 4 heteroatoms. The van der Waals surface area contributed by atoms with Crippen LogP contribution in [0.1, 0.15) is 30.5 Å². The fourth-order valence-electron chi connectivity index (χ4n) is 2.33. The van der Waals surface area contributed by atoms with Crippen LogP contribution < -0.4 is 5.32 Å². The van der Waals surface area contributed by atoms with Gasteiger partial charge in [-0.15, -0.1) is 0 Å². The van der Waals surface area contributed by atoms with Crippen molar-refractivity contribution in [3.8, 4) is 5.75 Å². The summed E-state index contributed by atoms with van der Waals surface area (Å²) >= 11 is 3.46. The lowest BCUT2D eigenvalue weighted by atomic mass is 10.0. The van der Waals surface area contributed by atoms with Gasteiger partial charge in [0.15, 0.2) is 0 Å². The van der Waals surface area contributed by atoms with Gasteiger partial charge < -0.3 is 15.2 Å². The SMILES string of the molecule is CCC(Nc1ccccc1COC)c1cc(Br)ccc1O. The van der Waals surface area contributed by atoms with Crippen molar-refractivity contribution >= 4 is 21.6 Å². The number of hydrogen-bond acceptors (Lipinski definition) is 3. The van der Waals surface area contributed by atoms with Crippen molar-refractivity contribution in [2.24, 2.45) is 0 Å². The van der Waals surface area contributed by atoms with Crippen molar-refractivity contribution in [3.63, 3.8) is 0 Å². The minimum absolute atomic E-state index is 0.0421. The van der Waals surface area contributed by atoms with Crippen LogP contribution in [0.4, 0.5) is 5.69 Å². The third kappa shape index (κ3) is 3.99. The highest BCUT2D eigenvalue weighted by atomic mass is 79.9. The predicted octanol–water partition coefficient (Wildman–Crippen LogP) is 4.86. The van der Waals surface area contributed by atoms with Crippen LogP contribution in [-0.4, -0.2) is 12.2 Å². The molecule has 0 aliphatic carbocycles. The zero-order valence-corrected chi connectivity index (χ0v) is 13.9. The Morgan fingerprint density at radius 2 is 2.00 bits per heavy atom. The smallest absolute Gasteiger partial charge is 0.120 e. The van der Waals surface area contributed by atoms with E-state index < -0.39 is 0 Å². The molecule has 1 unspecified atom stereocenters. The molecule has 1 atom stereocenters. The summed E-state index contributed by atoms with van der Waals surface area (Å²) in [7, 11) is 1.69. The van der Waals surface area contributed by atoms with Crippen molar-refractivity contribution in [2.75, 3.05) is 12.4 Å². The summed E-state index contributed by atoms with van der Waals surface area (Å²) in [6.45, 7) is 2.65. The lowest BCUT2D eigenvalue weighted by Gasteiger charge is -2.22. The number of aromatic hydroxyl groups is 1. The Labute approximate surface area is 134 Å². The van der Waals surface area contributed by atoms with E-state index in [0.717, 1.165) is 27.7 Å². The molecule has 2 aromatic rings. The fourth-order valence-corrected chi connectivity index (χ4v) is 2.71. The number of nitrogens with one attached hydrogen (secondary N) is 1. The number of phenols is 1. The summed E-state index contributed by atoms with van der Waals surface area (Å²) in [5.41, 5.74) is 3.03. The summed E-state index contributed by atoms with van der Waals surface area (Å²) in [5, 5.41) is 13.6. The van der Waals surface area contributed by atoms with Crippen LogP contribution in [0.5, 0.6) is 5.75 Å². The number of anilines is 1. The Hall–Kier alpha value is -1.52. The first kappa shape index (κ1) is 15.9. The number of ether oxygens (including phenoxy) is 1. The normalized spacial score (nSPS) is 12.1. The Kier molecular flexibility index (Phi) is 5.65. The third-order valence-corrected chi connectivity index (χ3v) is 3.91. The summed E-state index contributed by atoms with van der Waals surface area (Å²) < 4.78 is 6.19. The molecule has 0 saturated heterocycles. The highest BCUT2D eigenvalue weighted by molar-refractivity contribution is 9.10. The van der Waals surface area contributed by atoms with Crippen LogP contribution in [0.3, 0.4) is 0 Å². The highest BCUT2D eigenvalue weighted by Crippen LogP contribution is 2.32. The average Bonchev–Trinajstić information content (AvgIpc) is 2.49. The Morgan fingerprint density at radius 1 is 1.24 bits per heavy atom. The van der Waals surface area contributed by atoms with Crippen LogP contribution in [0.2, 0.25) is 0 Å². The van der Waals surface area contributed by atoms with Gasteiger partial charge in [0.1, 0.15) is 5.75 Å². The molecule has 2 rings (SSSR count). The van der Waals surface area contributed by atoms with E-state index in [4.69, 9.17) is 4.74 Å². The van der Waals surface area contributed by atoms with E-state index in [1.165, 1.54) is 0 Å². The molecule has 0 aliphatic heterocycles. The topological polar surface area (TPSA) is 41.5 Å². The minimum Gasteiger partial charge on any atom is -0.508 e. The largest absolute Gasteiger partial charge is 0.508 e. The Morgan fingerprint density at radius 3 is 2.71 bits per heavy atom. The standard InChI is InChI=1S/C17H20BrNO2/c1-3-15(14-10-13(18)8-9-17(14)20)19-16-7-5-4-6-12(16)11-21-2/h4-10,15,19-20H,3,11H2,1-2H3. The molecule has 0 aromatic heterocycles. The van der Waals surface area contributed by atoms with Gasteiger partial charge in [-0.1, -0.05) is 41.1 Å². The van der Waals surface area contributed by atoms with Gasteiger partial charge in [-0.25, -0.2) is 0 Å². The zero-order valence-electron chi connectivity index (χ0n) is 12.3. The van der Waals surface area contributed by atoms with Gasteiger partial charge in [0, 0.05) is 28.4 Å². The summed E-state index contributed by atoms with van der Waals surface area (Å²) in [5.74, 6) is 0.307. The van der Waals surface area contributed by atoms with Gasteiger partial charge >= 0.3 is 0 Å². The molecule has 3 nitrogen and oxygen atoms in total. The van der Waals surface area contributed by atoms with E-state index in [0.29, 0.717) is 12.4 Å². The maximum absolute atomic E-state index is 10.1. The molecule has 0 spiro atoms. The predicted molar refractivity (Wildman–Crippen MR) is 89.6 cm³/mol. The molecule has 2 aromatic carbocycles. The van der Waals surface area contributed by atoms with Crippen LogP contribution in [0.25, 0.3) is 0 Å². The highest BCUT2D eigenvalue weighted by Gasteiger charge is 2.15. The van der Waals surface area contributed by atoms with E-state index in [2.05, 4.69) is 28.2 Å². The maximum atomic E-state index is 10.1. The number of para-hydroxylation sites is 1. The van der Waals surface area contributed by atoms with E-state index in [1.807, 2.05) is 36.4 Å². The second-order valence-corrected chi connectivity index (χ2v) is 5.81. The first-order chi connectivity index (χ1) is 10.2. The van der Waals surface area contributed by atoms with E-state index >= 15 is 0 Å². The number of hydrogen-bond donors (Lipinski definition) is 2. The molecule has 21 heavy (non-hydrogen) atoms. The summed E-state index contributed by atoms with van der Waals surface area (Å²) in [6.07, 6.45) is 0.866. The fraction of sp³-hybridized carbons (Fsp3) is 0.294. The second kappa shape index (κ2) is 7.48. The van der Waals surface area contributed by atoms with E-state index in [9.17, 15) is 5.11 Å². The lowest BCUT2D eigenvalue weighted by Crippen LogP contribution is -2.11. The number of phenolic OH excluding ortho intramolecular Hbond substituents is 1. The monoisotopic (exact) mass is 349 g/mol. The first-order valence-electron chi connectivity index (χ1n) is 6.97. The van der Waals surface area contributed by atoms with Crippen molar-refractivity contribution < 1.29 is 9.84 Å². The van der Waals surface area contributed by atoms with E-state index in [1.54, 1.807) is 13.2 Å². The summed E-state index contributed by atoms with van der Waals surface area (Å²) in [4.78, 5) is 0. The zero-order chi connectivity index (χ0) is 15.2. The van der Waals surface area contributed by atoms with Crippen LogP contribution in [0, 0.1) is 0 Å². The number of rotatable bonds is 6. The van der Waals surface area contributed by atoms with Crippen molar-refractivity contribution in [3.05, 3.63) is 58.1 Å². The van der Waals surface area contributed by atoms with Gasteiger partial charge in [0.25, 0.3) is 0 Å². The number of benzene rings is 2. The van der Waals surface area contributed by atoms with Crippen molar-refractivity contribution in [1.29, 1.82) is 0 Å². The molecule has 0 amide bonds. The Balaban J connectivity index is 2.29.